The van der Waals surface area contributed by atoms with Crippen LogP contribution in [0.2, 0.25) is 0 Å². The molecule has 5 nitrogen and oxygen atoms in total. The van der Waals surface area contributed by atoms with E-state index in [1.54, 1.807) is 0 Å². The van der Waals surface area contributed by atoms with E-state index < -0.39 is 0 Å². The summed E-state index contributed by atoms with van der Waals surface area (Å²) < 4.78 is 1.97. The second-order valence-electron chi connectivity index (χ2n) is 6.85. The van der Waals surface area contributed by atoms with E-state index in [1.807, 2.05) is 18.8 Å². The smallest absolute Gasteiger partial charge is 0.193 e. The van der Waals surface area contributed by atoms with Crippen LogP contribution in [0.4, 0.5) is 0 Å². The third kappa shape index (κ3) is 5.09. The first-order valence-electron chi connectivity index (χ1n) is 8.37. The molecule has 1 N–H and O–H groups in total. The van der Waals surface area contributed by atoms with E-state index in [4.69, 9.17) is 0 Å². The third-order valence-corrected chi connectivity index (χ3v) is 4.70. The Hall–Kier alpha value is -0.790. The molecule has 1 fully saturated rings. The molecule has 0 saturated carbocycles. The fourth-order valence-electron chi connectivity index (χ4n) is 3.65. The summed E-state index contributed by atoms with van der Waals surface area (Å²) >= 11 is 0. The van der Waals surface area contributed by atoms with Gasteiger partial charge in [-0.2, -0.15) is 5.10 Å². The molecule has 1 aromatic rings. The highest BCUT2D eigenvalue weighted by Gasteiger charge is 2.23. The van der Waals surface area contributed by atoms with Gasteiger partial charge in [-0.25, -0.2) is 0 Å². The molecular formula is C17H32IN5. The molecule has 6 heteroatoms. The van der Waals surface area contributed by atoms with Crippen LogP contribution in [0.25, 0.3) is 0 Å². The van der Waals surface area contributed by atoms with Gasteiger partial charge in [-0.15, -0.1) is 24.0 Å². The summed E-state index contributed by atoms with van der Waals surface area (Å²) in [7, 11) is 3.89. The summed E-state index contributed by atoms with van der Waals surface area (Å²) in [6, 6.07) is 0. The fraction of sp³-hybridized carbons (Fsp3) is 0.765. The average molecular weight is 433 g/mol. The van der Waals surface area contributed by atoms with Gasteiger partial charge in [0.1, 0.15) is 0 Å². The van der Waals surface area contributed by atoms with Crippen LogP contribution in [0, 0.1) is 25.7 Å². The third-order valence-electron chi connectivity index (χ3n) is 4.70. The zero-order valence-electron chi connectivity index (χ0n) is 15.4. The number of nitrogens with one attached hydrogen (secondary N) is 1. The van der Waals surface area contributed by atoms with Gasteiger partial charge in [0, 0.05) is 39.4 Å². The number of guanidine groups is 1. The van der Waals surface area contributed by atoms with E-state index in [0.29, 0.717) is 0 Å². The Morgan fingerprint density at radius 1 is 1.26 bits per heavy atom. The molecule has 1 aromatic heterocycles. The van der Waals surface area contributed by atoms with Gasteiger partial charge in [-0.3, -0.25) is 9.67 Å². The maximum atomic E-state index is 4.49. The second kappa shape index (κ2) is 8.89. The van der Waals surface area contributed by atoms with Crippen LogP contribution in [0.5, 0.6) is 0 Å². The largest absolute Gasteiger partial charge is 0.356 e. The van der Waals surface area contributed by atoms with Crippen molar-refractivity contribution in [2.45, 2.75) is 40.5 Å². The summed E-state index contributed by atoms with van der Waals surface area (Å²) in [5.74, 6) is 2.52. The predicted molar refractivity (Wildman–Crippen MR) is 108 cm³/mol. The molecule has 2 atom stereocenters. The minimum Gasteiger partial charge on any atom is -0.356 e. The fourth-order valence-corrected chi connectivity index (χ4v) is 3.65. The molecule has 2 heterocycles. The summed E-state index contributed by atoms with van der Waals surface area (Å²) in [6.07, 6.45) is 2.31. The maximum Gasteiger partial charge on any atom is 0.193 e. The standard InChI is InChI=1S/C17H31N5.HI/c1-12-9-13(2)11-22(10-12)17(18-5)19-8-7-16-14(3)20-21(6)15(16)4;/h12-13H,7-11H2,1-6H3,(H,18,19);1H. The molecule has 2 rings (SSSR count). The Balaban J connectivity index is 0.00000264. The highest BCUT2D eigenvalue weighted by molar-refractivity contribution is 14.0. The van der Waals surface area contributed by atoms with Crippen molar-refractivity contribution in [2.75, 3.05) is 26.7 Å². The normalized spacial score (nSPS) is 22.0. The van der Waals surface area contributed by atoms with E-state index in [2.05, 4.69) is 48.0 Å². The van der Waals surface area contributed by atoms with Crippen LogP contribution in [0.15, 0.2) is 4.99 Å². The van der Waals surface area contributed by atoms with Gasteiger partial charge < -0.3 is 10.2 Å². The van der Waals surface area contributed by atoms with Gasteiger partial charge in [-0.05, 0) is 44.1 Å². The number of rotatable bonds is 3. The summed E-state index contributed by atoms with van der Waals surface area (Å²) in [6.45, 7) is 12.0. The van der Waals surface area contributed by atoms with Gasteiger partial charge >= 0.3 is 0 Å². The first-order chi connectivity index (χ1) is 10.4. The van der Waals surface area contributed by atoms with E-state index in [9.17, 15) is 0 Å². The van der Waals surface area contributed by atoms with Crippen LogP contribution in [-0.4, -0.2) is 47.3 Å². The first-order valence-corrected chi connectivity index (χ1v) is 8.37. The van der Waals surface area contributed by atoms with Crippen molar-refractivity contribution >= 4 is 29.9 Å². The minimum absolute atomic E-state index is 0. The minimum atomic E-state index is 0. The Bertz CT molecular complexity index is 527. The Labute approximate surface area is 157 Å². The summed E-state index contributed by atoms with van der Waals surface area (Å²) in [5.41, 5.74) is 3.75. The highest BCUT2D eigenvalue weighted by atomic mass is 127. The van der Waals surface area contributed by atoms with Crippen molar-refractivity contribution in [3.63, 3.8) is 0 Å². The average Bonchev–Trinajstić information content (AvgIpc) is 2.68. The van der Waals surface area contributed by atoms with Crippen LogP contribution >= 0.6 is 24.0 Å². The molecule has 2 unspecified atom stereocenters. The number of nitrogens with zero attached hydrogens (tertiary/aromatic N) is 4. The molecule has 1 saturated heterocycles. The monoisotopic (exact) mass is 433 g/mol. The quantitative estimate of drug-likeness (QED) is 0.453. The topological polar surface area (TPSA) is 45.5 Å². The van der Waals surface area contributed by atoms with E-state index >= 15 is 0 Å². The molecule has 0 aliphatic carbocycles. The molecule has 1 aliphatic rings. The van der Waals surface area contributed by atoms with E-state index in [0.717, 1.165) is 49.5 Å². The molecule has 0 amide bonds. The van der Waals surface area contributed by atoms with Gasteiger partial charge in [0.25, 0.3) is 0 Å². The molecular weight excluding hydrogens is 401 g/mol. The molecule has 132 valence electrons. The molecule has 1 aliphatic heterocycles. The van der Waals surface area contributed by atoms with E-state index in [1.165, 1.54) is 17.7 Å². The van der Waals surface area contributed by atoms with Gasteiger partial charge in [0.15, 0.2) is 5.96 Å². The molecule has 23 heavy (non-hydrogen) atoms. The van der Waals surface area contributed by atoms with Gasteiger partial charge in [0.05, 0.1) is 5.69 Å². The Morgan fingerprint density at radius 3 is 2.35 bits per heavy atom. The lowest BCUT2D eigenvalue weighted by atomic mass is 9.92. The van der Waals surface area contributed by atoms with Crippen molar-refractivity contribution in [1.82, 2.24) is 20.0 Å². The lowest BCUT2D eigenvalue weighted by Gasteiger charge is -2.37. The highest BCUT2D eigenvalue weighted by Crippen LogP contribution is 2.20. The zero-order chi connectivity index (χ0) is 16.3. The van der Waals surface area contributed by atoms with Crippen molar-refractivity contribution in [3.8, 4) is 0 Å². The maximum absolute atomic E-state index is 4.49. The molecule has 0 aromatic carbocycles. The number of likely N-dealkylation sites (tertiary alicyclic amines) is 1. The number of aryl methyl sites for hydroxylation is 2. The summed E-state index contributed by atoms with van der Waals surface area (Å²) in [5, 5.41) is 8.02. The summed E-state index contributed by atoms with van der Waals surface area (Å²) in [4.78, 5) is 6.88. The van der Waals surface area contributed by atoms with Crippen LogP contribution in [0.1, 0.15) is 37.2 Å². The molecule has 0 spiro atoms. The molecule has 0 radical (unpaired) electrons. The number of halogens is 1. The van der Waals surface area contributed by atoms with Gasteiger partial charge in [0.2, 0.25) is 0 Å². The lowest BCUT2D eigenvalue weighted by Crippen LogP contribution is -2.48. The van der Waals surface area contributed by atoms with Gasteiger partial charge in [-0.1, -0.05) is 13.8 Å². The molecule has 0 bridgehead atoms. The first kappa shape index (κ1) is 20.3. The Morgan fingerprint density at radius 2 is 1.87 bits per heavy atom. The number of piperidine rings is 1. The van der Waals surface area contributed by atoms with Crippen molar-refractivity contribution in [1.29, 1.82) is 0 Å². The number of hydrogen-bond donors (Lipinski definition) is 1. The predicted octanol–water partition coefficient (Wildman–Crippen LogP) is 2.75. The van der Waals surface area contributed by atoms with E-state index in [-0.39, 0.29) is 24.0 Å². The second-order valence-corrected chi connectivity index (χ2v) is 6.85. The van der Waals surface area contributed by atoms with Crippen molar-refractivity contribution < 1.29 is 0 Å². The van der Waals surface area contributed by atoms with Crippen LogP contribution in [-0.2, 0) is 13.5 Å². The SMILES string of the molecule is CN=C(NCCc1c(C)nn(C)c1C)N1CC(C)CC(C)C1.I. The Kier molecular flexibility index (Phi) is 7.83. The van der Waals surface area contributed by atoms with Crippen LogP contribution in [0.3, 0.4) is 0 Å². The van der Waals surface area contributed by atoms with Crippen molar-refractivity contribution in [2.24, 2.45) is 23.9 Å². The van der Waals surface area contributed by atoms with Crippen molar-refractivity contribution in [3.05, 3.63) is 17.0 Å². The zero-order valence-corrected chi connectivity index (χ0v) is 17.7. The number of hydrogen-bond acceptors (Lipinski definition) is 2. The lowest BCUT2D eigenvalue weighted by molar-refractivity contribution is 0.208. The van der Waals surface area contributed by atoms with Crippen LogP contribution < -0.4 is 5.32 Å². The number of aromatic nitrogens is 2. The number of aliphatic imine (C=N–C) groups is 1.